The molecule has 0 amide bonds. The molecule has 0 radical (unpaired) electrons. The molecule has 1 atom stereocenters. The Morgan fingerprint density at radius 3 is 2.81 bits per heavy atom. The Hall–Kier alpha value is -0.920. The summed E-state index contributed by atoms with van der Waals surface area (Å²) >= 11 is 0. The minimum Gasteiger partial charge on any atom is -0.300 e. The van der Waals surface area contributed by atoms with E-state index >= 15 is 0 Å². The number of nitrogens with one attached hydrogen (secondary N) is 2. The zero-order valence-electron chi connectivity index (χ0n) is 12.3. The molecular formula is C14H24N4O2S. The first-order valence-electron chi connectivity index (χ1n) is 7.87. The Bertz CT molecular complexity index is 537. The first-order valence-corrected chi connectivity index (χ1v) is 9.36. The predicted octanol–water partition coefficient (Wildman–Crippen LogP) is 1.34. The summed E-state index contributed by atoms with van der Waals surface area (Å²) in [6.45, 7) is 2.66. The lowest BCUT2D eigenvalue weighted by atomic mass is 9.94. The Morgan fingerprint density at radius 2 is 2.10 bits per heavy atom. The molecular weight excluding hydrogens is 288 g/mol. The maximum Gasteiger partial charge on any atom is 0.243 e. The summed E-state index contributed by atoms with van der Waals surface area (Å²) in [5.41, 5.74) is 0. The van der Waals surface area contributed by atoms with Crippen LogP contribution >= 0.6 is 0 Å². The van der Waals surface area contributed by atoms with Crippen molar-refractivity contribution in [2.24, 2.45) is 5.92 Å². The molecule has 3 rings (SSSR count). The molecule has 1 aromatic heterocycles. The number of rotatable bonds is 5. The highest BCUT2D eigenvalue weighted by atomic mass is 32.2. The molecule has 2 heterocycles. The van der Waals surface area contributed by atoms with Gasteiger partial charge < -0.3 is 4.90 Å². The molecule has 1 saturated carbocycles. The highest BCUT2D eigenvalue weighted by Gasteiger charge is 2.29. The SMILES string of the molecule is O=S(=O)(NC[C@H]1CCN(C2CCCCC2)C1)c1cn[nH]c1. The molecule has 0 aromatic carbocycles. The summed E-state index contributed by atoms with van der Waals surface area (Å²) in [6.07, 6.45) is 10.5. The Morgan fingerprint density at radius 1 is 1.29 bits per heavy atom. The van der Waals surface area contributed by atoms with Crippen molar-refractivity contribution in [1.82, 2.24) is 19.8 Å². The summed E-state index contributed by atoms with van der Waals surface area (Å²) in [5.74, 6) is 0.425. The van der Waals surface area contributed by atoms with Crippen LogP contribution in [-0.4, -0.2) is 49.2 Å². The van der Waals surface area contributed by atoms with E-state index in [1.54, 1.807) is 0 Å². The Balaban J connectivity index is 1.49. The second-order valence-electron chi connectivity index (χ2n) is 6.23. The van der Waals surface area contributed by atoms with Gasteiger partial charge in [-0.2, -0.15) is 5.10 Å². The fourth-order valence-corrected chi connectivity index (χ4v) is 4.53. The predicted molar refractivity (Wildman–Crippen MR) is 80.3 cm³/mol. The zero-order chi connectivity index (χ0) is 14.7. The lowest BCUT2D eigenvalue weighted by molar-refractivity contribution is 0.185. The van der Waals surface area contributed by atoms with Gasteiger partial charge in [-0.1, -0.05) is 19.3 Å². The number of likely N-dealkylation sites (tertiary alicyclic amines) is 1. The quantitative estimate of drug-likeness (QED) is 0.860. The van der Waals surface area contributed by atoms with Crippen LogP contribution in [0.5, 0.6) is 0 Å². The van der Waals surface area contributed by atoms with E-state index in [2.05, 4.69) is 19.8 Å². The van der Waals surface area contributed by atoms with Gasteiger partial charge in [-0.3, -0.25) is 5.10 Å². The first-order chi connectivity index (χ1) is 10.1. The molecule has 0 spiro atoms. The molecule has 1 aliphatic carbocycles. The standard InChI is InChI=1S/C14H24N4O2S/c19-21(20,14-9-15-16-10-14)17-8-12-6-7-18(11-12)13-4-2-1-3-5-13/h9-10,12-13,17H,1-8,11H2,(H,15,16)/t12-/m1/s1. The molecule has 7 heteroatoms. The number of nitrogens with zero attached hydrogens (tertiary/aromatic N) is 2. The maximum atomic E-state index is 12.0. The number of sulfonamides is 1. The number of hydrogen-bond donors (Lipinski definition) is 2. The molecule has 0 bridgehead atoms. The normalized spacial score (nSPS) is 25.4. The van der Waals surface area contributed by atoms with Crippen LogP contribution in [0, 0.1) is 5.92 Å². The highest BCUT2D eigenvalue weighted by Crippen LogP contribution is 2.27. The number of aromatic amines is 1. The van der Waals surface area contributed by atoms with E-state index in [-0.39, 0.29) is 4.90 Å². The van der Waals surface area contributed by atoms with Gasteiger partial charge in [0.25, 0.3) is 0 Å². The average Bonchev–Trinajstić information content (AvgIpc) is 3.18. The van der Waals surface area contributed by atoms with Crippen molar-refractivity contribution in [3.05, 3.63) is 12.4 Å². The maximum absolute atomic E-state index is 12.0. The lowest BCUT2D eigenvalue weighted by Gasteiger charge is -2.31. The van der Waals surface area contributed by atoms with Crippen LogP contribution in [0.15, 0.2) is 17.3 Å². The van der Waals surface area contributed by atoms with Gasteiger partial charge in [-0.25, -0.2) is 13.1 Å². The minimum absolute atomic E-state index is 0.213. The molecule has 1 aromatic rings. The van der Waals surface area contributed by atoms with Crippen molar-refractivity contribution in [3.8, 4) is 0 Å². The van der Waals surface area contributed by atoms with Crippen molar-refractivity contribution in [2.75, 3.05) is 19.6 Å². The van der Waals surface area contributed by atoms with E-state index in [9.17, 15) is 8.42 Å². The molecule has 1 saturated heterocycles. The largest absolute Gasteiger partial charge is 0.300 e. The third-order valence-corrected chi connectivity index (χ3v) is 6.14. The van der Waals surface area contributed by atoms with E-state index < -0.39 is 10.0 Å². The van der Waals surface area contributed by atoms with Gasteiger partial charge in [-0.05, 0) is 31.7 Å². The number of H-pyrrole nitrogens is 1. The van der Waals surface area contributed by atoms with Crippen LogP contribution in [0.4, 0.5) is 0 Å². The summed E-state index contributed by atoms with van der Waals surface area (Å²) in [7, 11) is -3.41. The van der Waals surface area contributed by atoms with E-state index in [1.807, 2.05) is 0 Å². The summed E-state index contributed by atoms with van der Waals surface area (Å²) in [6, 6.07) is 0.731. The third kappa shape index (κ3) is 3.64. The molecule has 0 unspecified atom stereocenters. The van der Waals surface area contributed by atoms with Gasteiger partial charge in [0.1, 0.15) is 4.90 Å². The second kappa shape index (κ2) is 6.46. The van der Waals surface area contributed by atoms with Gasteiger partial charge in [0.15, 0.2) is 0 Å². The lowest BCUT2D eigenvalue weighted by Crippen LogP contribution is -2.36. The fraction of sp³-hybridized carbons (Fsp3) is 0.786. The molecule has 2 aliphatic rings. The smallest absolute Gasteiger partial charge is 0.243 e. The Kier molecular flexibility index (Phi) is 4.61. The summed E-state index contributed by atoms with van der Waals surface area (Å²) in [4.78, 5) is 2.78. The molecule has 118 valence electrons. The van der Waals surface area contributed by atoms with Gasteiger partial charge in [-0.15, -0.1) is 0 Å². The van der Waals surface area contributed by atoms with E-state index in [1.165, 1.54) is 44.5 Å². The minimum atomic E-state index is -3.41. The van der Waals surface area contributed by atoms with Crippen LogP contribution in [0.1, 0.15) is 38.5 Å². The van der Waals surface area contributed by atoms with Gasteiger partial charge in [0.05, 0.1) is 6.20 Å². The number of hydrogen-bond acceptors (Lipinski definition) is 4. The molecule has 21 heavy (non-hydrogen) atoms. The van der Waals surface area contributed by atoms with Crippen molar-refractivity contribution in [1.29, 1.82) is 0 Å². The second-order valence-corrected chi connectivity index (χ2v) is 7.99. The van der Waals surface area contributed by atoms with Crippen molar-refractivity contribution < 1.29 is 8.42 Å². The van der Waals surface area contributed by atoms with Gasteiger partial charge in [0, 0.05) is 25.3 Å². The summed E-state index contributed by atoms with van der Waals surface area (Å²) < 4.78 is 26.8. The average molecular weight is 312 g/mol. The summed E-state index contributed by atoms with van der Waals surface area (Å²) in [5, 5.41) is 6.23. The van der Waals surface area contributed by atoms with Gasteiger partial charge >= 0.3 is 0 Å². The van der Waals surface area contributed by atoms with Crippen LogP contribution < -0.4 is 4.72 Å². The number of aromatic nitrogens is 2. The topological polar surface area (TPSA) is 78.1 Å². The Labute approximate surface area is 126 Å². The first kappa shape index (κ1) is 15.0. The van der Waals surface area contributed by atoms with Gasteiger partial charge in [0.2, 0.25) is 10.0 Å². The van der Waals surface area contributed by atoms with E-state index in [0.29, 0.717) is 12.5 Å². The zero-order valence-corrected chi connectivity index (χ0v) is 13.1. The van der Waals surface area contributed by atoms with Crippen LogP contribution in [0.2, 0.25) is 0 Å². The van der Waals surface area contributed by atoms with Crippen molar-refractivity contribution in [2.45, 2.75) is 49.5 Å². The van der Waals surface area contributed by atoms with E-state index in [0.717, 1.165) is 25.6 Å². The van der Waals surface area contributed by atoms with Crippen LogP contribution in [0.3, 0.4) is 0 Å². The molecule has 2 fully saturated rings. The van der Waals surface area contributed by atoms with Crippen LogP contribution in [-0.2, 0) is 10.0 Å². The van der Waals surface area contributed by atoms with Crippen LogP contribution in [0.25, 0.3) is 0 Å². The molecule has 1 aliphatic heterocycles. The third-order valence-electron chi connectivity index (χ3n) is 4.75. The highest BCUT2D eigenvalue weighted by molar-refractivity contribution is 7.89. The van der Waals surface area contributed by atoms with E-state index in [4.69, 9.17) is 0 Å². The monoisotopic (exact) mass is 312 g/mol. The fourth-order valence-electron chi connectivity index (χ4n) is 3.50. The van der Waals surface area contributed by atoms with Crippen molar-refractivity contribution >= 4 is 10.0 Å². The van der Waals surface area contributed by atoms with Crippen molar-refractivity contribution in [3.63, 3.8) is 0 Å². The molecule has 2 N–H and O–H groups in total. The molecule has 6 nitrogen and oxygen atoms in total.